The average Bonchev–Trinajstić information content (AvgIpc) is 2.11. The van der Waals surface area contributed by atoms with Gasteiger partial charge in [0.15, 0.2) is 0 Å². The number of piperidine rings is 1. The van der Waals surface area contributed by atoms with E-state index in [9.17, 15) is 0 Å². The Kier molecular flexibility index (Phi) is 6.76. The van der Waals surface area contributed by atoms with Gasteiger partial charge in [-0.1, -0.05) is 6.92 Å². The lowest BCUT2D eigenvalue weighted by molar-refractivity contribution is -0.126. The van der Waals surface area contributed by atoms with E-state index in [0.29, 0.717) is 6.47 Å². The lowest BCUT2D eigenvalue weighted by atomic mass is 10.00. The number of rotatable bonds is 1. The van der Waals surface area contributed by atoms with E-state index in [1.807, 2.05) is 0 Å². The maximum absolute atomic E-state index is 8.95. The molecule has 1 heterocycles. The molecule has 0 N–H and O–H groups in total. The predicted octanol–water partition coefficient (Wildman–Crippen LogP) is 1.14. The van der Waals surface area contributed by atoms with Gasteiger partial charge in [0, 0.05) is 0 Å². The van der Waals surface area contributed by atoms with Crippen LogP contribution in [-0.4, -0.2) is 38.6 Å². The molecule has 0 atom stereocenters. The summed E-state index contributed by atoms with van der Waals surface area (Å²) < 4.78 is 3.86. The molecule has 1 aliphatic heterocycles. The Morgan fingerprint density at radius 2 is 1.83 bits per heavy atom. The smallest absolute Gasteiger partial charge is 0.292 e. The van der Waals surface area contributed by atoms with E-state index >= 15 is 0 Å². The Hall–Kier alpha value is -0.570. The average molecular weight is 173 g/mol. The first-order valence-electron chi connectivity index (χ1n) is 4.35. The fraction of sp³-hybridized carbons (Fsp3) is 0.889. The zero-order valence-corrected chi connectivity index (χ0v) is 8.25. The molecule has 12 heavy (non-hydrogen) atoms. The van der Waals surface area contributed by atoms with Crippen molar-refractivity contribution >= 4 is 6.47 Å². The second kappa shape index (κ2) is 7.10. The minimum absolute atomic E-state index is 0.375. The summed E-state index contributed by atoms with van der Waals surface area (Å²) in [6, 6.07) is 0. The van der Waals surface area contributed by atoms with Gasteiger partial charge in [0.2, 0.25) is 0 Å². The van der Waals surface area contributed by atoms with Crippen LogP contribution in [0.3, 0.4) is 0 Å². The molecule has 1 saturated heterocycles. The Labute approximate surface area is 74.7 Å². The van der Waals surface area contributed by atoms with E-state index in [1.54, 1.807) is 0 Å². The van der Waals surface area contributed by atoms with Crippen molar-refractivity contribution in [2.24, 2.45) is 5.92 Å². The first kappa shape index (κ1) is 11.4. The first-order valence-corrected chi connectivity index (χ1v) is 4.35. The highest BCUT2D eigenvalue weighted by molar-refractivity contribution is 5.36. The van der Waals surface area contributed by atoms with Crippen LogP contribution < -0.4 is 0 Å². The van der Waals surface area contributed by atoms with Crippen molar-refractivity contribution < 1.29 is 9.53 Å². The number of nitrogens with zero attached hydrogens (tertiary/aromatic N) is 1. The Balaban J connectivity index is 0.000000261. The van der Waals surface area contributed by atoms with Crippen LogP contribution in [0.4, 0.5) is 0 Å². The van der Waals surface area contributed by atoms with Crippen molar-refractivity contribution in [3.63, 3.8) is 0 Å². The van der Waals surface area contributed by atoms with Gasteiger partial charge in [0.05, 0.1) is 7.11 Å². The van der Waals surface area contributed by atoms with E-state index < -0.39 is 0 Å². The molecule has 0 spiro atoms. The summed E-state index contributed by atoms with van der Waals surface area (Å²) in [5.41, 5.74) is 0. The Morgan fingerprint density at radius 1 is 1.42 bits per heavy atom. The molecule has 0 bridgehead atoms. The van der Waals surface area contributed by atoms with Crippen LogP contribution in [0.15, 0.2) is 0 Å². The molecule has 72 valence electrons. The van der Waals surface area contributed by atoms with Gasteiger partial charge in [0.25, 0.3) is 6.47 Å². The molecular weight excluding hydrogens is 154 g/mol. The molecule has 0 aliphatic carbocycles. The van der Waals surface area contributed by atoms with Crippen molar-refractivity contribution in [2.75, 3.05) is 27.2 Å². The summed E-state index contributed by atoms with van der Waals surface area (Å²) in [4.78, 5) is 11.4. The Bertz CT molecular complexity index is 99.1. The van der Waals surface area contributed by atoms with Crippen LogP contribution in [0.25, 0.3) is 0 Å². The zero-order chi connectivity index (χ0) is 9.40. The van der Waals surface area contributed by atoms with Gasteiger partial charge in [-0.25, -0.2) is 0 Å². The summed E-state index contributed by atoms with van der Waals surface area (Å²) >= 11 is 0. The molecule has 0 saturated carbocycles. The highest BCUT2D eigenvalue weighted by Gasteiger charge is 2.10. The minimum atomic E-state index is 0.375. The molecule has 1 aliphatic rings. The van der Waals surface area contributed by atoms with Crippen molar-refractivity contribution in [3.05, 3.63) is 0 Å². The van der Waals surface area contributed by atoms with Crippen molar-refractivity contribution in [3.8, 4) is 0 Å². The molecule has 0 aromatic carbocycles. The molecule has 0 aromatic rings. The highest BCUT2D eigenvalue weighted by atomic mass is 16.5. The molecule has 0 aromatic heterocycles. The van der Waals surface area contributed by atoms with Crippen molar-refractivity contribution in [2.45, 2.75) is 19.8 Å². The van der Waals surface area contributed by atoms with Gasteiger partial charge in [-0.05, 0) is 38.9 Å². The number of ether oxygens (including phenoxy) is 1. The van der Waals surface area contributed by atoms with Crippen LogP contribution in [0.5, 0.6) is 0 Å². The van der Waals surface area contributed by atoms with E-state index in [2.05, 4.69) is 23.6 Å². The number of methoxy groups -OCH3 is 1. The van der Waals surface area contributed by atoms with Gasteiger partial charge in [-0.3, -0.25) is 4.79 Å². The number of hydrogen-bond donors (Lipinski definition) is 0. The fourth-order valence-electron chi connectivity index (χ4n) is 1.14. The third-order valence-electron chi connectivity index (χ3n) is 2.10. The molecule has 0 unspecified atom stereocenters. The van der Waals surface area contributed by atoms with E-state index in [4.69, 9.17) is 4.79 Å². The minimum Gasteiger partial charge on any atom is -0.471 e. The number of hydrogen-bond acceptors (Lipinski definition) is 3. The second-order valence-corrected chi connectivity index (χ2v) is 3.32. The number of carbonyl (C=O) groups excluding carboxylic acids is 1. The van der Waals surface area contributed by atoms with Crippen molar-refractivity contribution in [1.29, 1.82) is 0 Å². The zero-order valence-electron chi connectivity index (χ0n) is 8.25. The molecular formula is C9H19NO2. The SMILES string of the molecule is CC1CCN(C)CC1.COC=O. The molecule has 0 radical (unpaired) electrons. The van der Waals surface area contributed by atoms with E-state index in [0.717, 1.165) is 5.92 Å². The quantitative estimate of drug-likeness (QED) is 0.557. The monoisotopic (exact) mass is 173 g/mol. The van der Waals surface area contributed by atoms with E-state index in [-0.39, 0.29) is 0 Å². The molecule has 3 heteroatoms. The number of carbonyl (C=O) groups is 1. The standard InChI is InChI=1S/C7H15N.C2H4O2/c1-7-3-5-8(2)6-4-7;1-4-2-3/h7H,3-6H2,1-2H3;2H,1H3. The van der Waals surface area contributed by atoms with Crippen LogP contribution in [0.2, 0.25) is 0 Å². The van der Waals surface area contributed by atoms with Crippen molar-refractivity contribution in [1.82, 2.24) is 4.90 Å². The lowest BCUT2D eigenvalue weighted by Gasteiger charge is -2.26. The summed E-state index contributed by atoms with van der Waals surface area (Å²) in [6.07, 6.45) is 2.80. The summed E-state index contributed by atoms with van der Waals surface area (Å²) in [5.74, 6) is 0.978. The molecule has 3 nitrogen and oxygen atoms in total. The summed E-state index contributed by atoms with van der Waals surface area (Å²) in [7, 11) is 3.51. The second-order valence-electron chi connectivity index (χ2n) is 3.32. The predicted molar refractivity (Wildman–Crippen MR) is 49.0 cm³/mol. The third kappa shape index (κ3) is 6.16. The van der Waals surface area contributed by atoms with Gasteiger partial charge in [-0.2, -0.15) is 0 Å². The summed E-state index contributed by atoms with van der Waals surface area (Å²) in [6.45, 7) is 5.33. The Morgan fingerprint density at radius 3 is 2.08 bits per heavy atom. The maximum atomic E-state index is 8.95. The lowest BCUT2D eigenvalue weighted by Crippen LogP contribution is -2.28. The van der Waals surface area contributed by atoms with E-state index in [1.165, 1.54) is 33.0 Å². The molecule has 1 rings (SSSR count). The van der Waals surface area contributed by atoms with Crippen LogP contribution in [0, 0.1) is 5.92 Å². The fourth-order valence-corrected chi connectivity index (χ4v) is 1.14. The maximum Gasteiger partial charge on any atom is 0.292 e. The largest absolute Gasteiger partial charge is 0.471 e. The van der Waals surface area contributed by atoms with Crippen LogP contribution in [0.1, 0.15) is 19.8 Å². The van der Waals surface area contributed by atoms with Gasteiger partial charge >= 0.3 is 0 Å². The highest BCUT2D eigenvalue weighted by Crippen LogP contribution is 2.13. The van der Waals surface area contributed by atoms with Crippen LogP contribution in [-0.2, 0) is 9.53 Å². The van der Waals surface area contributed by atoms with Gasteiger partial charge in [0.1, 0.15) is 0 Å². The summed E-state index contributed by atoms with van der Waals surface area (Å²) in [5, 5.41) is 0. The molecule has 1 fully saturated rings. The third-order valence-corrected chi connectivity index (χ3v) is 2.10. The normalized spacial score (nSPS) is 19.2. The first-order chi connectivity index (χ1) is 5.70. The van der Waals surface area contributed by atoms with Gasteiger partial charge < -0.3 is 9.64 Å². The number of likely N-dealkylation sites (tertiary alicyclic amines) is 1. The van der Waals surface area contributed by atoms with Gasteiger partial charge in [-0.15, -0.1) is 0 Å². The molecule has 0 amide bonds. The van der Waals surface area contributed by atoms with Crippen LogP contribution >= 0.6 is 0 Å². The topological polar surface area (TPSA) is 29.5 Å².